The molecular weight excluding hydrogens is 406 g/mol. The summed E-state index contributed by atoms with van der Waals surface area (Å²) in [6.07, 6.45) is 6.89. The van der Waals surface area contributed by atoms with Gasteiger partial charge in [-0.2, -0.15) is 0 Å². The molecule has 9 heteroatoms. The monoisotopic (exact) mass is 437 g/mol. The summed E-state index contributed by atoms with van der Waals surface area (Å²) in [7, 11) is 1.58. The Morgan fingerprint density at radius 3 is 2.41 bits per heavy atom. The first-order valence-electron chi connectivity index (χ1n) is 11.2. The quantitative estimate of drug-likeness (QED) is 0.663. The van der Waals surface area contributed by atoms with Crippen molar-refractivity contribution in [3.05, 3.63) is 41.9 Å². The maximum Gasteiger partial charge on any atom is 0.225 e. The number of ether oxygens (including phenoxy) is 1. The third kappa shape index (κ3) is 5.21. The molecule has 4 rings (SSSR count). The first kappa shape index (κ1) is 22.1. The van der Waals surface area contributed by atoms with E-state index >= 15 is 0 Å². The van der Waals surface area contributed by atoms with Gasteiger partial charge < -0.3 is 20.8 Å². The van der Waals surface area contributed by atoms with E-state index in [0.29, 0.717) is 30.4 Å². The van der Waals surface area contributed by atoms with Crippen LogP contribution in [0, 0.1) is 17.2 Å². The largest absolute Gasteiger partial charge is 0.481 e. The molecule has 0 saturated carbocycles. The fourth-order valence-electron chi connectivity index (χ4n) is 4.58. The van der Waals surface area contributed by atoms with Crippen LogP contribution in [0.3, 0.4) is 0 Å². The number of pyridine rings is 1. The average Bonchev–Trinajstić information content (AvgIpc) is 2.85. The number of nitrogen functional groups attached to an aromatic ring is 1. The molecular formula is C23H31N7O2. The second kappa shape index (κ2) is 10.0. The summed E-state index contributed by atoms with van der Waals surface area (Å²) in [5.41, 5.74) is 7.79. The zero-order valence-electron chi connectivity index (χ0n) is 18.5. The molecule has 4 heterocycles. The molecule has 2 fully saturated rings. The van der Waals surface area contributed by atoms with E-state index in [1.165, 1.54) is 0 Å². The molecule has 0 unspecified atom stereocenters. The molecule has 32 heavy (non-hydrogen) atoms. The maximum absolute atomic E-state index is 13.1. The van der Waals surface area contributed by atoms with Gasteiger partial charge in [0.05, 0.1) is 18.5 Å². The molecule has 2 aliphatic heterocycles. The van der Waals surface area contributed by atoms with Crippen LogP contribution in [-0.4, -0.2) is 69.7 Å². The number of amides is 1. The first-order valence-corrected chi connectivity index (χ1v) is 11.2. The molecule has 2 saturated heterocycles. The fraction of sp³-hybridized carbons (Fsp3) is 0.522. The van der Waals surface area contributed by atoms with E-state index in [1.807, 2.05) is 17.0 Å². The minimum Gasteiger partial charge on any atom is -0.481 e. The standard InChI is InChI=1S/C23H31N7O2/c1-32-20-4-2-3-19(28-20)21(24)17-7-11-30(12-8-17)22(31)18-5-9-29(10-6-18)15-16-13-26-23(25)27-14-16/h2-4,13-14,17-18,24H,5-12,15H2,1H3,(H2,25,26,27). The van der Waals surface area contributed by atoms with Gasteiger partial charge in [-0.3, -0.25) is 9.69 Å². The highest BCUT2D eigenvalue weighted by Crippen LogP contribution is 2.26. The van der Waals surface area contributed by atoms with Gasteiger partial charge in [0, 0.05) is 55.5 Å². The molecule has 0 aromatic carbocycles. The number of hydrogen-bond donors (Lipinski definition) is 2. The summed E-state index contributed by atoms with van der Waals surface area (Å²) in [6.45, 7) is 3.98. The van der Waals surface area contributed by atoms with Crippen LogP contribution in [0.25, 0.3) is 0 Å². The third-order valence-electron chi connectivity index (χ3n) is 6.49. The van der Waals surface area contributed by atoms with Crippen LogP contribution in [0.4, 0.5) is 5.95 Å². The summed E-state index contributed by atoms with van der Waals surface area (Å²) in [6, 6.07) is 5.50. The topological polar surface area (TPSA) is 121 Å². The molecule has 2 aliphatic rings. The van der Waals surface area contributed by atoms with E-state index in [9.17, 15) is 4.79 Å². The third-order valence-corrected chi connectivity index (χ3v) is 6.49. The van der Waals surface area contributed by atoms with Gasteiger partial charge >= 0.3 is 0 Å². The zero-order chi connectivity index (χ0) is 22.5. The molecule has 3 N–H and O–H groups in total. The normalized spacial score (nSPS) is 18.5. The molecule has 0 radical (unpaired) electrons. The summed E-state index contributed by atoms with van der Waals surface area (Å²) in [4.78, 5) is 29.9. The van der Waals surface area contributed by atoms with Crippen molar-refractivity contribution in [1.82, 2.24) is 24.8 Å². The van der Waals surface area contributed by atoms with Crippen molar-refractivity contribution in [2.24, 2.45) is 11.8 Å². The van der Waals surface area contributed by atoms with Gasteiger partial charge in [0.2, 0.25) is 17.7 Å². The van der Waals surface area contributed by atoms with Gasteiger partial charge in [-0.15, -0.1) is 0 Å². The highest BCUT2D eigenvalue weighted by molar-refractivity contribution is 5.98. The van der Waals surface area contributed by atoms with E-state index in [1.54, 1.807) is 25.6 Å². The van der Waals surface area contributed by atoms with Gasteiger partial charge in [0.15, 0.2) is 0 Å². The minimum atomic E-state index is 0.0879. The van der Waals surface area contributed by atoms with Crippen molar-refractivity contribution in [3.8, 4) is 5.88 Å². The Hall–Kier alpha value is -3.07. The second-order valence-electron chi connectivity index (χ2n) is 8.58. The second-order valence-corrected chi connectivity index (χ2v) is 8.58. The van der Waals surface area contributed by atoms with Crippen LogP contribution in [0.5, 0.6) is 5.88 Å². The highest BCUT2D eigenvalue weighted by atomic mass is 16.5. The molecule has 0 atom stereocenters. The number of anilines is 1. The predicted molar refractivity (Wildman–Crippen MR) is 121 cm³/mol. The summed E-state index contributed by atoms with van der Waals surface area (Å²) >= 11 is 0. The number of piperidine rings is 2. The molecule has 0 bridgehead atoms. The van der Waals surface area contributed by atoms with Crippen molar-refractivity contribution in [1.29, 1.82) is 5.41 Å². The number of methoxy groups -OCH3 is 1. The first-order chi connectivity index (χ1) is 15.5. The van der Waals surface area contributed by atoms with E-state index < -0.39 is 0 Å². The van der Waals surface area contributed by atoms with Crippen LogP contribution in [0.15, 0.2) is 30.6 Å². The Morgan fingerprint density at radius 2 is 1.75 bits per heavy atom. The summed E-state index contributed by atoms with van der Waals surface area (Å²) in [5.74, 6) is 1.30. The average molecular weight is 438 g/mol. The maximum atomic E-state index is 13.1. The van der Waals surface area contributed by atoms with Gasteiger partial charge in [-0.05, 0) is 44.8 Å². The van der Waals surface area contributed by atoms with Crippen molar-refractivity contribution in [2.75, 3.05) is 39.0 Å². The Bertz CT molecular complexity index is 934. The van der Waals surface area contributed by atoms with Crippen molar-refractivity contribution in [3.63, 3.8) is 0 Å². The zero-order valence-corrected chi connectivity index (χ0v) is 18.5. The number of likely N-dealkylation sites (tertiary alicyclic amines) is 2. The Morgan fingerprint density at radius 1 is 1.09 bits per heavy atom. The summed E-state index contributed by atoms with van der Waals surface area (Å²) < 4.78 is 5.18. The van der Waals surface area contributed by atoms with E-state index in [-0.39, 0.29) is 23.7 Å². The van der Waals surface area contributed by atoms with Crippen LogP contribution in [0.1, 0.15) is 36.9 Å². The Kier molecular flexibility index (Phi) is 6.94. The smallest absolute Gasteiger partial charge is 0.225 e. The predicted octanol–water partition coefficient (Wildman–Crippen LogP) is 1.98. The molecule has 0 aliphatic carbocycles. The number of rotatable bonds is 6. The van der Waals surface area contributed by atoms with Crippen LogP contribution < -0.4 is 10.5 Å². The Labute approximate surface area is 188 Å². The lowest BCUT2D eigenvalue weighted by Gasteiger charge is -2.37. The molecule has 170 valence electrons. The van der Waals surface area contributed by atoms with Crippen LogP contribution in [0.2, 0.25) is 0 Å². The van der Waals surface area contributed by atoms with E-state index in [2.05, 4.69) is 19.9 Å². The summed E-state index contributed by atoms with van der Waals surface area (Å²) in [5, 5.41) is 8.55. The van der Waals surface area contributed by atoms with Crippen molar-refractivity contribution >= 4 is 17.6 Å². The number of nitrogens with one attached hydrogen (secondary N) is 1. The molecule has 1 amide bonds. The number of aromatic nitrogens is 3. The lowest BCUT2D eigenvalue weighted by Crippen LogP contribution is -2.46. The highest BCUT2D eigenvalue weighted by Gasteiger charge is 2.32. The number of carbonyl (C=O) groups is 1. The van der Waals surface area contributed by atoms with Gasteiger partial charge in [0.1, 0.15) is 0 Å². The Balaban J connectivity index is 1.24. The van der Waals surface area contributed by atoms with Crippen molar-refractivity contribution in [2.45, 2.75) is 32.2 Å². The lowest BCUT2D eigenvalue weighted by molar-refractivity contribution is -0.138. The SMILES string of the molecule is COc1cccc(C(=N)C2CCN(C(=O)C3CCN(Cc4cnc(N)nc4)CC3)CC2)n1. The van der Waals surface area contributed by atoms with Crippen molar-refractivity contribution < 1.29 is 9.53 Å². The molecule has 0 spiro atoms. The van der Waals surface area contributed by atoms with Crippen LogP contribution >= 0.6 is 0 Å². The molecule has 2 aromatic heterocycles. The number of nitrogens with zero attached hydrogens (tertiary/aromatic N) is 5. The van der Waals surface area contributed by atoms with Gasteiger partial charge in [-0.1, -0.05) is 6.07 Å². The number of carbonyl (C=O) groups excluding carboxylic acids is 1. The van der Waals surface area contributed by atoms with Crippen LogP contribution in [-0.2, 0) is 11.3 Å². The minimum absolute atomic E-state index is 0.0879. The van der Waals surface area contributed by atoms with E-state index in [0.717, 1.165) is 50.9 Å². The number of nitrogens with two attached hydrogens (primary N) is 1. The number of hydrogen-bond acceptors (Lipinski definition) is 8. The lowest BCUT2D eigenvalue weighted by atomic mass is 9.88. The van der Waals surface area contributed by atoms with Gasteiger partial charge in [0.25, 0.3) is 0 Å². The fourth-order valence-corrected chi connectivity index (χ4v) is 4.58. The van der Waals surface area contributed by atoms with E-state index in [4.69, 9.17) is 15.9 Å². The van der Waals surface area contributed by atoms with Gasteiger partial charge in [-0.25, -0.2) is 15.0 Å². The molecule has 9 nitrogen and oxygen atoms in total. The molecule has 2 aromatic rings.